The van der Waals surface area contributed by atoms with Crippen molar-refractivity contribution in [1.29, 1.82) is 0 Å². The summed E-state index contributed by atoms with van der Waals surface area (Å²) >= 11 is 1.48. The first kappa shape index (κ1) is 23.6. The second-order valence-electron chi connectivity index (χ2n) is 8.41. The van der Waals surface area contributed by atoms with Crippen LogP contribution in [0, 0.1) is 0 Å². The van der Waals surface area contributed by atoms with Gasteiger partial charge in [0.15, 0.2) is 11.5 Å². The lowest BCUT2D eigenvalue weighted by Gasteiger charge is -2.28. The minimum Gasteiger partial charge on any atom is -0.454 e. The first-order valence-electron chi connectivity index (χ1n) is 11.6. The Labute approximate surface area is 213 Å². The van der Waals surface area contributed by atoms with Gasteiger partial charge in [0.1, 0.15) is 11.0 Å². The van der Waals surface area contributed by atoms with E-state index in [1.165, 1.54) is 11.3 Å². The van der Waals surface area contributed by atoms with E-state index in [2.05, 4.69) is 5.32 Å². The van der Waals surface area contributed by atoms with E-state index >= 15 is 0 Å². The highest BCUT2D eigenvalue weighted by atomic mass is 32.1. The number of ether oxygens (including phenoxy) is 2. The number of fused-ring (bicyclic) bond motifs is 1. The van der Waals surface area contributed by atoms with Crippen molar-refractivity contribution >= 4 is 28.8 Å². The summed E-state index contributed by atoms with van der Waals surface area (Å²) in [4.78, 5) is 33.0. The highest BCUT2D eigenvalue weighted by Gasteiger charge is 2.28. The zero-order valence-electron chi connectivity index (χ0n) is 19.7. The number of benzene rings is 3. The molecular weight excluding hydrogens is 474 g/mol. The second-order valence-corrected chi connectivity index (χ2v) is 9.35. The molecule has 8 heteroatoms. The normalized spacial score (nSPS) is 12.7. The molecule has 0 spiro atoms. The van der Waals surface area contributed by atoms with E-state index in [4.69, 9.17) is 14.5 Å². The number of nitrogens with zero attached hydrogens (tertiary/aromatic N) is 2. The summed E-state index contributed by atoms with van der Waals surface area (Å²) in [6.45, 7) is 2.12. The summed E-state index contributed by atoms with van der Waals surface area (Å²) in [6, 6.07) is 23.9. The molecule has 0 saturated carbocycles. The van der Waals surface area contributed by atoms with Crippen LogP contribution in [0.5, 0.6) is 11.5 Å². The quantitative estimate of drug-likeness (QED) is 0.363. The first-order chi connectivity index (χ1) is 17.6. The number of aromatic nitrogens is 1. The van der Waals surface area contributed by atoms with Crippen LogP contribution in [0.15, 0.2) is 84.2 Å². The Morgan fingerprint density at radius 3 is 2.50 bits per heavy atom. The predicted molar refractivity (Wildman–Crippen MR) is 139 cm³/mol. The van der Waals surface area contributed by atoms with Gasteiger partial charge in [-0.15, -0.1) is 11.3 Å². The average molecular weight is 500 g/mol. The molecule has 2 amide bonds. The Balaban J connectivity index is 1.35. The fourth-order valence-electron chi connectivity index (χ4n) is 3.95. The number of thiazole rings is 1. The summed E-state index contributed by atoms with van der Waals surface area (Å²) in [5.74, 6) is 0.772. The van der Waals surface area contributed by atoms with Gasteiger partial charge >= 0.3 is 0 Å². The van der Waals surface area contributed by atoms with Crippen LogP contribution < -0.4 is 14.8 Å². The van der Waals surface area contributed by atoms with Crippen molar-refractivity contribution in [2.75, 3.05) is 12.1 Å². The Bertz CT molecular complexity index is 1360. The molecule has 36 heavy (non-hydrogen) atoms. The molecule has 1 aliphatic rings. The number of hydrogen-bond donors (Lipinski definition) is 1. The Morgan fingerprint density at radius 1 is 1.00 bits per heavy atom. The van der Waals surface area contributed by atoms with E-state index in [1.54, 1.807) is 30.0 Å². The van der Waals surface area contributed by atoms with Gasteiger partial charge in [-0.25, -0.2) is 4.98 Å². The molecule has 5 rings (SSSR count). The minimum atomic E-state index is -0.726. The van der Waals surface area contributed by atoms with E-state index in [1.807, 2.05) is 66.0 Å². The minimum absolute atomic E-state index is 0.147. The SMILES string of the molecule is CC(C(=O)Nc1ccc2c(c1)OCO2)N(Cc1nc(-c2ccccc2)cs1)C(=O)Cc1ccccc1. The van der Waals surface area contributed by atoms with E-state index in [-0.39, 0.29) is 31.6 Å². The highest BCUT2D eigenvalue weighted by Crippen LogP contribution is 2.34. The van der Waals surface area contributed by atoms with Gasteiger partial charge in [-0.3, -0.25) is 9.59 Å². The lowest BCUT2D eigenvalue weighted by atomic mass is 10.1. The van der Waals surface area contributed by atoms with Crippen LogP contribution in [0.2, 0.25) is 0 Å². The van der Waals surface area contributed by atoms with E-state index in [0.717, 1.165) is 21.8 Å². The van der Waals surface area contributed by atoms with E-state index < -0.39 is 6.04 Å². The van der Waals surface area contributed by atoms with Crippen molar-refractivity contribution in [2.45, 2.75) is 25.9 Å². The van der Waals surface area contributed by atoms with Crippen molar-refractivity contribution < 1.29 is 19.1 Å². The number of carbonyl (C=O) groups excluding carboxylic acids is 2. The molecule has 0 fully saturated rings. The van der Waals surface area contributed by atoms with Gasteiger partial charge in [-0.2, -0.15) is 0 Å². The molecular formula is C28H25N3O4S. The zero-order valence-corrected chi connectivity index (χ0v) is 20.5. The summed E-state index contributed by atoms with van der Waals surface area (Å²) in [5.41, 5.74) is 3.33. The van der Waals surface area contributed by atoms with Gasteiger partial charge in [0.25, 0.3) is 0 Å². The molecule has 0 saturated heterocycles. The van der Waals surface area contributed by atoms with Gasteiger partial charge < -0.3 is 19.7 Å². The third kappa shape index (κ3) is 5.39. The summed E-state index contributed by atoms with van der Waals surface area (Å²) in [5, 5.41) is 5.64. The molecule has 0 bridgehead atoms. The molecule has 0 aliphatic carbocycles. The zero-order chi connectivity index (χ0) is 24.9. The van der Waals surface area contributed by atoms with Crippen molar-refractivity contribution in [3.05, 3.63) is 94.8 Å². The third-order valence-electron chi connectivity index (χ3n) is 5.93. The lowest BCUT2D eigenvalue weighted by Crippen LogP contribution is -2.45. The second kappa shape index (κ2) is 10.6. The molecule has 1 atom stereocenters. The van der Waals surface area contributed by atoms with Crippen LogP contribution >= 0.6 is 11.3 Å². The largest absolute Gasteiger partial charge is 0.454 e. The number of hydrogen-bond acceptors (Lipinski definition) is 6. The molecule has 182 valence electrons. The molecule has 0 radical (unpaired) electrons. The Morgan fingerprint density at radius 2 is 1.72 bits per heavy atom. The average Bonchev–Trinajstić information content (AvgIpc) is 3.57. The molecule has 2 heterocycles. The third-order valence-corrected chi connectivity index (χ3v) is 6.77. The molecule has 4 aromatic rings. The van der Waals surface area contributed by atoms with Gasteiger partial charge in [-0.1, -0.05) is 60.7 Å². The van der Waals surface area contributed by atoms with Crippen molar-refractivity contribution in [1.82, 2.24) is 9.88 Å². The maximum Gasteiger partial charge on any atom is 0.246 e. The standard InChI is InChI=1S/C28H25N3O4S/c1-19(28(33)29-22-12-13-24-25(15-22)35-18-34-24)31(27(32)14-20-8-4-2-5-9-20)16-26-30-23(17-36-26)21-10-6-3-7-11-21/h2-13,15,17,19H,14,16,18H2,1H3,(H,29,33). The number of rotatable bonds is 8. The molecule has 1 unspecified atom stereocenters. The van der Waals surface area contributed by atoms with Crippen LogP contribution in [-0.2, 0) is 22.6 Å². The number of anilines is 1. The van der Waals surface area contributed by atoms with Crippen LogP contribution in [0.25, 0.3) is 11.3 Å². The van der Waals surface area contributed by atoms with Gasteiger partial charge in [0.05, 0.1) is 18.7 Å². The number of carbonyl (C=O) groups is 2. The topological polar surface area (TPSA) is 80.8 Å². The maximum absolute atomic E-state index is 13.4. The van der Waals surface area contributed by atoms with Crippen molar-refractivity contribution in [3.8, 4) is 22.8 Å². The molecule has 1 aliphatic heterocycles. The smallest absolute Gasteiger partial charge is 0.246 e. The highest BCUT2D eigenvalue weighted by molar-refractivity contribution is 7.09. The van der Waals surface area contributed by atoms with Crippen molar-refractivity contribution in [2.24, 2.45) is 0 Å². The summed E-state index contributed by atoms with van der Waals surface area (Å²) in [6.07, 6.45) is 0.194. The van der Waals surface area contributed by atoms with Crippen LogP contribution in [-0.4, -0.2) is 34.5 Å². The van der Waals surface area contributed by atoms with Crippen LogP contribution in [0.4, 0.5) is 5.69 Å². The van der Waals surface area contributed by atoms with Crippen LogP contribution in [0.1, 0.15) is 17.5 Å². The number of amides is 2. The molecule has 7 nitrogen and oxygen atoms in total. The van der Waals surface area contributed by atoms with Gasteiger partial charge in [0.2, 0.25) is 18.6 Å². The fourth-order valence-corrected chi connectivity index (χ4v) is 4.75. The summed E-state index contributed by atoms with van der Waals surface area (Å²) < 4.78 is 10.7. The number of nitrogens with one attached hydrogen (secondary N) is 1. The molecule has 1 N–H and O–H groups in total. The first-order valence-corrected chi connectivity index (χ1v) is 12.5. The van der Waals surface area contributed by atoms with E-state index in [0.29, 0.717) is 17.2 Å². The van der Waals surface area contributed by atoms with E-state index in [9.17, 15) is 9.59 Å². The molecule has 1 aromatic heterocycles. The van der Waals surface area contributed by atoms with Gasteiger partial charge in [-0.05, 0) is 24.6 Å². The van der Waals surface area contributed by atoms with Gasteiger partial charge in [0, 0.05) is 22.7 Å². The fraction of sp³-hybridized carbons (Fsp3) is 0.179. The van der Waals surface area contributed by atoms with Crippen molar-refractivity contribution in [3.63, 3.8) is 0 Å². The Kier molecular flexibility index (Phi) is 6.95. The monoisotopic (exact) mass is 499 g/mol. The Hall–Kier alpha value is -4.17. The predicted octanol–water partition coefficient (Wildman–Crippen LogP) is 5.14. The van der Waals surface area contributed by atoms with Crippen LogP contribution in [0.3, 0.4) is 0 Å². The maximum atomic E-state index is 13.4. The molecule has 3 aromatic carbocycles. The lowest BCUT2D eigenvalue weighted by molar-refractivity contribution is -0.138. The summed E-state index contributed by atoms with van der Waals surface area (Å²) in [7, 11) is 0.